The van der Waals surface area contributed by atoms with Crippen molar-refractivity contribution in [2.24, 2.45) is 5.92 Å². The summed E-state index contributed by atoms with van der Waals surface area (Å²) in [6.07, 6.45) is 0. The number of rotatable bonds is 5. The number of hydrogen-bond acceptors (Lipinski definition) is 2. The molecule has 0 aliphatic rings. The minimum Gasteiger partial charge on any atom is -0.374 e. The highest BCUT2D eigenvalue weighted by atomic mass is 35.5. The third kappa shape index (κ3) is 5.04. The van der Waals surface area contributed by atoms with E-state index < -0.39 is 5.82 Å². The number of anilines is 1. The van der Waals surface area contributed by atoms with Gasteiger partial charge in [-0.05, 0) is 24.1 Å². The summed E-state index contributed by atoms with van der Waals surface area (Å²) in [6, 6.07) is 4.28. The minimum atomic E-state index is -0.464. The summed E-state index contributed by atoms with van der Waals surface area (Å²) in [4.78, 5) is 11.4. The van der Waals surface area contributed by atoms with Crippen molar-refractivity contribution >= 4 is 23.2 Å². The average Bonchev–Trinajstić information content (AvgIpc) is 2.25. The van der Waals surface area contributed by atoms with E-state index in [0.29, 0.717) is 17.5 Å². The smallest absolute Gasteiger partial charge is 0.239 e. The lowest BCUT2D eigenvalue weighted by molar-refractivity contribution is -0.119. The topological polar surface area (TPSA) is 41.1 Å². The van der Waals surface area contributed by atoms with Crippen LogP contribution in [0.5, 0.6) is 0 Å². The largest absolute Gasteiger partial charge is 0.374 e. The molecular weight excluding hydrogens is 243 g/mol. The second-order valence-corrected chi connectivity index (χ2v) is 4.61. The van der Waals surface area contributed by atoms with Gasteiger partial charge in [0.05, 0.1) is 12.2 Å². The quantitative estimate of drug-likeness (QED) is 0.853. The highest BCUT2D eigenvalue weighted by molar-refractivity contribution is 6.30. The highest BCUT2D eigenvalue weighted by Gasteiger charge is 2.05. The maximum atomic E-state index is 13.3. The van der Waals surface area contributed by atoms with E-state index in [-0.39, 0.29) is 18.1 Å². The van der Waals surface area contributed by atoms with E-state index in [1.807, 2.05) is 13.8 Å². The number of halogens is 2. The number of amides is 1. The third-order valence-electron chi connectivity index (χ3n) is 2.08. The van der Waals surface area contributed by atoms with E-state index in [1.165, 1.54) is 12.1 Å². The fraction of sp³-hybridized carbons (Fsp3) is 0.417. The Labute approximate surface area is 105 Å². The summed E-state index contributed by atoms with van der Waals surface area (Å²) < 4.78 is 13.3. The van der Waals surface area contributed by atoms with E-state index in [9.17, 15) is 9.18 Å². The predicted octanol–water partition coefficient (Wildman–Crippen LogP) is 2.66. The number of carbonyl (C=O) groups is 1. The molecule has 0 atom stereocenters. The molecule has 5 heteroatoms. The normalized spacial score (nSPS) is 10.4. The van der Waals surface area contributed by atoms with Gasteiger partial charge in [0.2, 0.25) is 5.91 Å². The molecule has 0 bridgehead atoms. The van der Waals surface area contributed by atoms with E-state index >= 15 is 0 Å². The summed E-state index contributed by atoms with van der Waals surface area (Å²) in [5, 5.41) is 5.78. The van der Waals surface area contributed by atoms with E-state index in [2.05, 4.69) is 10.6 Å². The molecule has 0 aliphatic heterocycles. The molecule has 94 valence electrons. The fourth-order valence-corrected chi connectivity index (χ4v) is 1.35. The van der Waals surface area contributed by atoms with Gasteiger partial charge >= 0.3 is 0 Å². The number of carbonyl (C=O) groups excluding carboxylic acids is 1. The summed E-state index contributed by atoms with van der Waals surface area (Å²) in [5.41, 5.74) is 0.272. The van der Waals surface area contributed by atoms with Crippen LogP contribution < -0.4 is 10.6 Å². The first-order valence-electron chi connectivity index (χ1n) is 5.44. The molecule has 0 saturated carbocycles. The van der Waals surface area contributed by atoms with Crippen molar-refractivity contribution in [1.82, 2.24) is 5.32 Å². The van der Waals surface area contributed by atoms with Crippen LogP contribution in [-0.2, 0) is 4.79 Å². The van der Waals surface area contributed by atoms with Gasteiger partial charge in [-0.15, -0.1) is 0 Å². The zero-order valence-corrected chi connectivity index (χ0v) is 10.6. The first kappa shape index (κ1) is 13.8. The van der Waals surface area contributed by atoms with Crippen molar-refractivity contribution in [3.05, 3.63) is 29.0 Å². The highest BCUT2D eigenvalue weighted by Crippen LogP contribution is 2.18. The molecule has 1 rings (SSSR count). The second-order valence-electron chi connectivity index (χ2n) is 4.18. The molecule has 0 unspecified atom stereocenters. The average molecular weight is 259 g/mol. The van der Waals surface area contributed by atoms with Crippen LogP contribution in [0.4, 0.5) is 10.1 Å². The van der Waals surface area contributed by atoms with Crippen molar-refractivity contribution in [3.8, 4) is 0 Å². The van der Waals surface area contributed by atoms with Crippen LogP contribution in [0.2, 0.25) is 5.02 Å². The Morgan fingerprint density at radius 1 is 1.47 bits per heavy atom. The van der Waals surface area contributed by atoms with Gasteiger partial charge < -0.3 is 10.6 Å². The van der Waals surface area contributed by atoms with Gasteiger partial charge in [-0.25, -0.2) is 4.39 Å². The third-order valence-corrected chi connectivity index (χ3v) is 2.31. The molecular formula is C12H16ClFN2O. The molecule has 0 saturated heterocycles. The lowest BCUT2D eigenvalue weighted by atomic mass is 10.2. The Morgan fingerprint density at radius 2 is 2.18 bits per heavy atom. The lowest BCUT2D eigenvalue weighted by Crippen LogP contribution is -2.32. The maximum Gasteiger partial charge on any atom is 0.239 e. The molecule has 3 nitrogen and oxygen atoms in total. The monoisotopic (exact) mass is 258 g/mol. The lowest BCUT2D eigenvalue weighted by Gasteiger charge is -2.10. The van der Waals surface area contributed by atoms with Crippen molar-refractivity contribution in [1.29, 1.82) is 0 Å². The fourth-order valence-electron chi connectivity index (χ4n) is 1.19. The van der Waals surface area contributed by atoms with Crippen molar-refractivity contribution in [2.45, 2.75) is 13.8 Å². The molecule has 0 radical (unpaired) electrons. The van der Waals surface area contributed by atoms with Crippen molar-refractivity contribution in [2.75, 3.05) is 18.4 Å². The Balaban J connectivity index is 2.42. The van der Waals surface area contributed by atoms with Gasteiger partial charge in [0.25, 0.3) is 0 Å². The molecule has 0 heterocycles. The molecule has 1 aromatic carbocycles. The second kappa shape index (κ2) is 6.45. The molecule has 2 N–H and O–H groups in total. The zero-order chi connectivity index (χ0) is 12.8. The Kier molecular flexibility index (Phi) is 5.22. The van der Waals surface area contributed by atoms with E-state index in [4.69, 9.17) is 11.6 Å². The zero-order valence-electron chi connectivity index (χ0n) is 9.89. The molecule has 17 heavy (non-hydrogen) atoms. The summed E-state index contributed by atoms with van der Waals surface area (Å²) in [7, 11) is 0. The van der Waals surface area contributed by atoms with Crippen LogP contribution >= 0.6 is 11.6 Å². The molecule has 1 aromatic rings. The summed E-state index contributed by atoms with van der Waals surface area (Å²) in [6.45, 7) is 4.67. The van der Waals surface area contributed by atoms with Gasteiger partial charge in [0.1, 0.15) is 5.82 Å². The maximum absolute atomic E-state index is 13.3. The van der Waals surface area contributed by atoms with Gasteiger partial charge in [-0.2, -0.15) is 0 Å². The Bertz CT molecular complexity index is 396. The van der Waals surface area contributed by atoms with E-state index in [1.54, 1.807) is 6.07 Å². The standard InChI is InChI=1S/C12H16ClFN2O/c1-8(2)6-16-12(17)7-15-11-4-3-9(13)5-10(11)14/h3-5,8,15H,6-7H2,1-2H3,(H,16,17). The van der Waals surface area contributed by atoms with Gasteiger partial charge in [-0.1, -0.05) is 25.4 Å². The first-order chi connectivity index (χ1) is 7.99. The summed E-state index contributed by atoms with van der Waals surface area (Å²) >= 11 is 5.62. The van der Waals surface area contributed by atoms with Crippen LogP contribution in [-0.4, -0.2) is 19.0 Å². The molecule has 1 amide bonds. The van der Waals surface area contributed by atoms with Crippen LogP contribution in [0.3, 0.4) is 0 Å². The van der Waals surface area contributed by atoms with Gasteiger partial charge in [-0.3, -0.25) is 4.79 Å². The Morgan fingerprint density at radius 3 is 2.76 bits per heavy atom. The van der Waals surface area contributed by atoms with Crippen LogP contribution in [0.15, 0.2) is 18.2 Å². The van der Waals surface area contributed by atoms with Crippen molar-refractivity contribution < 1.29 is 9.18 Å². The van der Waals surface area contributed by atoms with Crippen LogP contribution in [0.1, 0.15) is 13.8 Å². The molecule has 0 aliphatic carbocycles. The molecule has 0 aromatic heterocycles. The SMILES string of the molecule is CC(C)CNC(=O)CNc1ccc(Cl)cc1F. The Hall–Kier alpha value is -1.29. The predicted molar refractivity (Wildman–Crippen MR) is 67.7 cm³/mol. The summed E-state index contributed by atoms with van der Waals surface area (Å²) in [5.74, 6) is -0.228. The molecule has 0 spiro atoms. The van der Waals surface area contributed by atoms with Crippen LogP contribution in [0.25, 0.3) is 0 Å². The minimum absolute atomic E-state index is 0.0469. The van der Waals surface area contributed by atoms with Gasteiger partial charge in [0, 0.05) is 11.6 Å². The number of nitrogens with one attached hydrogen (secondary N) is 2. The van der Waals surface area contributed by atoms with Gasteiger partial charge in [0.15, 0.2) is 0 Å². The number of hydrogen-bond donors (Lipinski definition) is 2. The first-order valence-corrected chi connectivity index (χ1v) is 5.82. The molecule has 0 fully saturated rings. The van der Waals surface area contributed by atoms with Crippen molar-refractivity contribution in [3.63, 3.8) is 0 Å². The van der Waals surface area contributed by atoms with Crippen LogP contribution in [0, 0.1) is 11.7 Å². The van der Waals surface area contributed by atoms with E-state index in [0.717, 1.165) is 0 Å². The number of benzene rings is 1.